The number of alkyl halides is 3. The number of carbonyl (C=O) groups is 2. The Labute approximate surface area is 120 Å². The van der Waals surface area contributed by atoms with Crippen molar-refractivity contribution < 1.29 is 32.3 Å². The molecule has 9 heteroatoms. The number of amides is 1. The molecule has 1 N–H and O–H groups in total. The summed E-state index contributed by atoms with van der Waals surface area (Å²) >= 11 is 1.18. The molecule has 0 aliphatic carbocycles. The molecule has 1 heterocycles. The fraction of sp³-hybridized carbons (Fsp3) is 0.333. The second-order valence-corrected chi connectivity index (χ2v) is 5.32. The molecule has 1 aliphatic heterocycles. The van der Waals surface area contributed by atoms with Crippen LogP contribution in [-0.4, -0.2) is 39.6 Å². The van der Waals surface area contributed by atoms with Crippen molar-refractivity contribution in [3.05, 3.63) is 35.1 Å². The van der Waals surface area contributed by atoms with Crippen LogP contribution >= 0.6 is 11.8 Å². The first-order valence-corrected chi connectivity index (χ1v) is 6.85. The summed E-state index contributed by atoms with van der Waals surface area (Å²) in [5.41, 5.74) is -1.94. The predicted octanol–water partition coefficient (Wildman–Crippen LogP) is 2.44. The van der Waals surface area contributed by atoms with E-state index in [1.165, 1.54) is 11.8 Å². The predicted molar refractivity (Wildman–Crippen MR) is 66.3 cm³/mol. The molecule has 1 amide bonds. The van der Waals surface area contributed by atoms with Crippen LogP contribution in [0.4, 0.5) is 17.6 Å². The van der Waals surface area contributed by atoms with E-state index in [2.05, 4.69) is 0 Å². The molecule has 1 aromatic rings. The number of carbonyl (C=O) groups excluding carboxylic acids is 1. The molecule has 1 fully saturated rings. The lowest BCUT2D eigenvalue weighted by Crippen LogP contribution is -2.41. The van der Waals surface area contributed by atoms with Gasteiger partial charge < -0.3 is 10.0 Å². The number of benzene rings is 1. The maximum atomic E-state index is 13.2. The molecule has 0 spiro atoms. The third-order valence-corrected chi connectivity index (χ3v) is 3.96. The molecule has 1 atom stereocenters. The summed E-state index contributed by atoms with van der Waals surface area (Å²) in [4.78, 5) is 24.1. The van der Waals surface area contributed by atoms with Crippen molar-refractivity contribution in [1.82, 2.24) is 4.90 Å². The van der Waals surface area contributed by atoms with E-state index in [1.54, 1.807) is 0 Å². The summed E-state index contributed by atoms with van der Waals surface area (Å²) in [7, 11) is 0. The van der Waals surface area contributed by atoms with E-state index in [0.717, 1.165) is 11.0 Å². The van der Waals surface area contributed by atoms with E-state index in [0.29, 0.717) is 12.1 Å². The summed E-state index contributed by atoms with van der Waals surface area (Å²) < 4.78 is 51.0. The van der Waals surface area contributed by atoms with E-state index in [9.17, 15) is 27.2 Å². The van der Waals surface area contributed by atoms with E-state index in [1.807, 2.05) is 0 Å². The highest BCUT2D eigenvalue weighted by Crippen LogP contribution is 2.32. The monoisotopic (exact) mass is 323 g/mol. The van der Waals surface area contributed by atoms with E-state index in [-0.39, 0.29) is 11.6 Å². The molecule has 21 heavy (non-hydrogen) atoms. The minimum atomic E-state index is -4.92. The molecular weight excluding hydrogens is 314 g/mol. The minimum Gasteiger partial charge on any atom is -0.480 e. The first kappa shape index (κ1) is 15.6. The van der Waals surface area contributed by atoms with Crippen LogP contribution in [0.1, 0.15) is 15.9 Å². The molecule has 0 unspecified atom stereocenters. The molecule has 0 bridgehead atoms. The van der Waals surface area contributed by atoms with Gasteiger partial charge in [0.1, 0.15) is 11.9 Å². The fourth-order valence-electron chi connectivity index (χ4n) is 1.89. The number of aliphatic carboxylic acids is 1. The SMILES string of the molecule is O=C(O)[C@@H]1CSCN1C(=O)c1ccc(F)c(C(F)(F)F)c1. The standard InChI is InChI=1S/C12H9F4NO3S/c13-8-2-1-6(3-7(8)12(14,15)16)10(18)17-5-21-4-9(17)11(19)20/h1-3,9H,4-5H2,(H,19,20)/t9-/m0/s1. The van der Waals surface area contributed by atoms with Crippen LogP contribution in [0.5, 0.6) is 0 Å². The van der Waals surface area contributed by atoms with E-state index in [4.69, 9.17) is 5.11 Å². The maximum absolute atomic E-state index is 13.2. The molecule has 1 aliphatic rings. The van der Waals surface area contributed by atoms with Crippen molar-refractivity contribution in [2.24, 2.45) is 0 Å². The average Bonchev–Trinajstić information content (AvgIpc) is 2.86. The van der Waals surface area contributed by atoms with Crippen LogP contribution in [0.2, 0.25) is 0 Å². The van der Waals surface area contributed by atoms with Gasteiger partial charge in [-0.25, -0.2) is 9.18 Å². The van der Waals surface area contributed by atoms with Crippen LogP contribution < -0.4 is 0 Å². The normalized spacial score (nSPS) is 18.9. The Bertz CT molecular complexity index is 590. The first-order valence-electron chi connectivity index (χ1n) is 5.70. The topological polar surface area (TPSA) is 57.6 Å². The zero-order valence-electron chi connectivity index (χ0n) is 10.4. The molecule has 2 rings (SSSR count). The lowest BCUT2D eigenvalue weighted by atomic mass is 10.1. The van der Waals surface area contributed by atoms with Gasteiger partial charge in [0.2, 0.25) is 0 Å². The van der Waals surface area contributed by atoms with E-state index < -0.39 is 41.0 Å². The smallest absolute Gasteiger partial charge is 0.419 e. The van der Waals surface area contributed by atoms with Gasteiger partial charge in [-0.2, -0.15) is 13.2 Å². The average molecular weight is 323 g/mol. The molecule has 4 nitrogen and oxygen atoms in total. The number of carboxylic acid groups (broad SMARTS) is 1. The van der Waals surface area contributed by atoms with Gasteiger partial charge in [-0.15, -0.1) is 11.8 Å². The van der Waals surface area contributed by atoms with Crippen LogP contribution in [0.25, 0.3) is 0 Å². The maximum Gasteiger partial charge on any atom is 0.419 e. The van der Waals surface area contributed by atoms with Crippen molar-refractivity contribution in [2.75, 3.05) is 11.6 Å². The summed E-state index contributed by atoms with van der Waals surface area (Å²) in [5.74, 6) is -3.35. The van der Waals surface area contributed by atoms with Gasteiger partial charge in [0.25, 0.3) is 5.91 Å². The number of halogens is 4. The molecule has 1 saturated heterocycles. The van der Waals surface area contributed by atoms with Crippen molar-refractivity contribution in [2.45, 2.75) is 12.2 Å². The molecule has 1 aromatic carbocycles. The lowest BCUT2D eigenvalue weighted by Gasteiger charge is -2.21. The van der Waals surface area contributed by atoms with Gasteiger partial charge in [-0.3, -0.25) is 4.79 Å². The van der Waals surface area contributed by atoms with Crippen molar-refractivity contribution >= 4 is 23.6 Å². The number of nitrogens with zero attached hydrogens (tertiary/aromatic N) is 1. The number of rotatable bonds is 2. The fourth-order valence-corrected chi connectivity index (χ4v) is 3.03. The Morgan fingerprint density at radius 3 is 2.57 bits per heavy atom. The van der Waals surface area contributed by atoms with Gasteiger partial charge in [-0.1, -0.05) is 0 Å². The van der Waals surface area contributed by atoms with Crippen LogP contribution in [0.3, 0.4) is 0 Å². The summed E-state index contributed by atoms with van der Waals surface area (Å²) in [6.45, 7) is 0. The number of thioether (sulfide) groups is 1. The van der Waals surface area contributed by atoms with E-state index >= 15 is 0 Å². The highest BCUT2D eigenvalue weighted by molar-refractivity contribution is 7.99. The van der Waals surface area contributed by atoms with Crippen LogP contribution in [0, 0.1) is 5.82 Å². The van der Waals surface area contributed by atoms with Gasteiger partial charge >= 0.3 is 12.1 Å². The van der Waals surface area contributed by atoms with Gasteiger partial charge in [0, 0.05) is 11.3 Å². The number of carboxylic acids is 1. The van der Waals surface area contributed by atoms with Crippen LogP contribution in [-0.2, 0) is 11.0 Å². The Hall–Kier alpha value is -1.77. The van der Waals surface area contributed by atoms with Crippen molar-refractivity contribution in [3.63, 3.8) is 0 Å². The Morgan fingerprint density at radius 1 is 1.33 bits per heavy atom. The number of hydrogen-bond acceptors (Lipinski definition) is 3. The molecule has 0 radical (unpaired) electrons. The van der Waals surface area contributed by atoms with Gasteiger partial charge in [0.15, 0.2) is 0 Å². The second-order valence-electron chi connectivity index (χ2n) is 4.32. The minimum absolute atomic E-state index is 0.0640. The van der Waals surface area contributed by atoms with Crippen LogP contribution in [0.15, 0.2) is 18.2 Å². The molecular formula is C12H9F4NO3S. The zero-order chi connectivity index (χ0) is 15.8. The summed E-state index contributed by atoms with van der Waals surface area (Å²) in [5, 5.41) is 8.96. The highest BCUT2D eigenvalue weighted by Gasteiger charge is 2.38. The summed E-state index contributed by atoms with van der Waals surface area (Å²) in [6.07, 6.45) is -4.92. The molecule has 0 aromatic heterocycles. The Kier molecular flexibility index (Phi) is 4.13. The summed E-state index contributed by atoms with van der Waals surface area (Å²) in [6, 6.07) is 0.769. The largest absolute Gasteiger partial charge is 0.480 e. The van der Waals surface area contributed by atoms with Gasteiger partial charge in [-0.05, 0) is 18.2 Å². The third kappa shape index (κ3) is 3.12. The molecule has 0 saturated carbocycles. The highest BCUT2D eigenvalue weighted by atomic mass is 32.2. The van der Waals surface area contributed by atoms with Crippen molar-refractivity contribution in [3.8, 4) is 0 Å². The third-order valence-electron chi connectivity index (χ3n) is 2.95. The molecule has 114 valence electrons. The lowest BCUT2D eigenvalue weighted by molar-refractivity contribution is -0.141. The zero-order valence-corrected chi connectivity index (χ0v) is 11.2. The Morgan fingerprint density at radius 2 is 2.00 bits per heavy atom. The first-order chi connectivity index (χ1) is 9.71. The Balaban J connectivity index is 2.34. The quantitative estimate of drug-likeness (QED) is 0.850. The number of hydrogen-bond donors (Lipinski definition) is 1. The van der Waals surface area contributed by atoms with Crippen molar-refractivity contribution in [1.29, 1.82) is 0 Å². The second kappa shape index (κ2) is 5.55. The van der Waals surface area contributed by atoms with Gasteiger partial charge in [0.05, 0.1) is 11.4 Å².